The van der Waals surface area contributed by atoms with Gasteiger partial charge in [0.25, 0.3) is 0 Å². The van der Waals surface area contributed by atoms with Crippen molar-refractivity contribution in [3.8, 4) is 0 Å². The first-order valence-corrected chi connectivity index (χ1v) is 4.94. The van der Waals surface area contributed by atoms with Crippen molar-refractivity contribution in [3.05, 3.63) is 0 Å². The largest absolute Gasteiger partial charge is 0.327 e. The molecule has 0 amide bonds. The Labute approximate surface area is 58.5 Å². The van der Waals surface area contributed by atoms with E-state index in [0.29, 0.717) is 0 Å². The van der Waals surface area contributed by atoms with Gasteiger partial charge in [-0.3, -0.25) is 13.7 Å². The van der Waals surface area contributed by atoms with Crippen LogP contribution in [0.1, 0.15) is 0 Å². The van der Waals surface area contributed by atoms with Gasteiger partial charge in [-0.05, 0) is 0 Å². The molecule has 0 aromatic rings. The van der Waals surface area contributed by atoms with Gasteiger partial charge in [0.05, 0.1) is 6.61 Å². The van der Waals surface area contributed by atoms with E-state index in [0.717, 1.165) is 0 Å². The van der Waals surface area contributed by atoms with Gasteiger partial charge in [0, 0.05) is 0 Å². The highest BCUT2D eigenvalue weighted by atomic mass is 31.2. The Morgan fingerprint density at radius 2 is 2.10 bits per heavy atom. The van der Waals surface area contributed by atoms with Crippen LogP contribution in [0.2, 0.25) is 0 Å². The summed E-state index contributed by atoms with van der Waals surface area (Å²) in [6, 6.07) is 0. The minimum absolute atomic E-state index is 0.0474. The molecule has 0 aromatic heterocycles. The maximum absolute atomic E-state index is 10.5. The normalized spacial score (nSPS) is 42.7. The average Bonchev–Trinajstić information content (AvgIpc) is 1.93. The second kappa shape index (κ2) is 3.62. The number of hydrogen-bond acceptors (Lipinski definition) is 6. The molecule has 1 aliphatic heterocycles. The Morgan fingerprint density at radius 3 is 2.80 bits per heavy atom. The van der Waals surface area contributed by atoms with E-state index in [1.807, 2.05) is 0 Å². The molecule has 3 unspecified atom stereocenters. The molecule has 0 spiro atoms. The lowest BCUT2D eigenvalue weighted by atomic mass is 10.7. The van der Waals surface area contributed by atoms with Gasteiger partial charge in [0.1, 0.15) is 6.23 Å². The van der Waals surface area contributed by atoms with E-state index in [1.165, 1.54) is 0 Å². The van der Waals surface area contributed by atoms with Gasteiger partial charge in [-0.1, -0.05) is 0 Å². The van der Waals surface area contributed by atoms with Crippen LogP contribution in [0.15, 0.2) is 0 Å². The molecule has 1 heterocycles. The van der Waals surface area contributed by atoms with Crippen LogP contribution in [0.5, 0.6) is 0 Å². The number of rotatable bonds is 0. The highest BCUT2D eigenvalue weighted by Gasteiger charge is 2.17. The van der Waals surface area contributed by atoms with E-state index in [2.05, 4.69) is 13.4 Å². The number of hydrogen-bond donors (Lipinski definition) is 1. The lowest BCUT2D eigenvalue weighted by Crippen LogP contribution is -2.24. The summed E-state index contributed by atoms with van der Waals surface area (Å²) in [6.07, 6.45) is -0.803. The van der Waals surface area contributed by atoms with Gasteiger partial charge in [-0.2, -0.15) is 0 Å². The Kier molecular flexibility index (Phi) is 3.04. The Morgan fingerprint density at radius 1 is 1.40 bits per heavy atom. The fourth-order valence-corrected chi connectivity index (χ4v) is 2.02. The molecule has 0 bridgehead atoms. The van der Waals surface area contributed by atoms with Crippen LogP contribution in [0.25, 0.3) is 0 Å². The van der Waals surface area contributed by atoms with Crippen molar-refractivity contribution in [2.45, 2.75) is 6.23 Å². The third kappa shape index (κ3) is 2.50. The van der Waals surface area contributed by atoms with Gasteiger partial charge >= 0.3 is 16.5 Å². The van der Waals surface area contributed by atoms with Gasteiger partial charge in [0.2, 0.25) is 0 Å². The first-order valence-electron chi connectivity index (χ1n) is 2.49. The van der Waals surface area contributed by atoms with E-state index < -0.39 is 22.7 Å². The molecule has 2 N–H and O–H groups in total. The minimum atomic E-state index is -2.69. The molecular formula is C2H7NO5P2. The molecule has 10 heavy (non-hydrogen) atoms. The fraction of sp³-hybridized carbons (Fsp3) is 1.00. The van der Waals surface area contributed by atoms with Crippen LogP contribution in [0.4, 0.5) is 0 Å². The SMILES string of the molecule is NC1CO[PH](=O)O[PH](=O)O1. The summed E-state index contributed by atoms with van der Waals surface area (Å²) >= 11 is 0. The van der Waals surface area contributed by atoms with Crippen LogP contribution < -0.4 is 5.73 Å². The lowest BCUT2D eigenvalue weighted by molar-refractivity contribution is 0.155. The second-order valence-corrected chi connectivity index (χ2v) is 3.91. The topological polar surface area (TPSA) is 87.9 Å². The standard InChI is InChI=1S/C2H7NO5P2/c3-2-1-6-9(4)8-10(5)7-2/h2,9-10H,1,3H2. The summed E-state index contributed by atoms with van der Waals surface area (Å²) < 4.78 is 34.2. The highest BCUT2D eigenvalue weighted by molar-refractivity contribution is 7.47. The predicted molar refractivity (Wildman–Crippen MR) is 34.1 cm³/mol. The molecule has 0 aromatic carbocycles. The smallest absolute Gasteiger partial charge is 0.306 e. The Bertz CT molecular complexity index is 171. The fourth-order valence-electron chi connectivity index (χ4n) is 0.429. The lowest BCUT2D eigenvalue weighted by Gasteiger charge is -2.02. The molecule has 0 aliphatic carbocycles. The van der Waals surface area contributed by atoms with Crippen LogP contribution in [0.3, 0.4) is 0 Å². The molecule has 8 heteroatoms. The molecule has 1 fully saturated rings. The van der Waals surface area contributed by atoms with Crippen LogP contribution >= 0.6 is 16.5 Å². The zero-order valence-corrected chi connectivity index (χ0v) is 6.90. The molecule has 6 nitrogen and oxygen atoms in total. The van der Waals surface area contributed by atoms with Crippen LogP contribution in [-0.2, 0) is 22.5 Å². The van der Waals surface area contributed by atoms with Crippen molar-refractivity contribution >= 4 is 16.5 Å². The molecule has 0 saturated carbocycles. The third-order valence-electron chi connectivity index (χ3n) is 0.780. The van der Waals surface area contributed by atoms with E-state index >= 15 is 0 Å². The Hall–Kier alpha value is 0.300. The van der Waals surface area contributed by atoms with Crippen molar-refractivity contribution in [1.82, 2.24) is 0 Å². The van der Waals surface area contributed by atoms with Crippen LogP contribution in [0, 0.1) is 0 Å². The van der Waals surface area contributed by atoms with E-state index in [1.54, 1.807) is 0 Å². The quantitative estimate of drug-likeness (QED) is 0.541. The van der Waals surface area contributed by atoms with Gasteiger partial charge in [0.15, 0.2) is 0 Å². The van der Waals surface area contributed by atoms with Crippen molar-refractivity contribution in [3.63, 3.8) is 0 Å². The molecule has 1 aliphatic rings. The summed E-state index contributed by atoms with van der Waals surface area (Å²) in [4.78, 5) is 0. The molecule has 3 atom stereocenters. The molecule has 60 valence electrons. The average molecular weight is 187 g/mol. The summed E-state index contributed by atoms with van der Waals surface area (Å²) in [5.41, 5.74) is 5.16. The van der Waals surface area contributed by atoms with Crippen molar-refractivity contribution in [2.75, 3.05) is 6.61 Å². The first kappa shape index (κ1) is 8.40. The summed E-state index contributed by atoms with van der Waals surface area (Å²) in [7, 11) is -5.33. The van der Waals surface area contributed by atoms with Gasteiger partial charge in [-0.15, -0.1) is 0 Å². The maximum Gasteiger partial charge on any atom is 0.327 e. The maximum atomic E-state index is 10.5. The van der Waals surface area contributed by atoms with Gasteiger partial charge < -0.3 is 10.3 Å². The zero-order chi connectivity index (χ0) is 7.56. The molecular weight excluding hydrogens is 180 g/mol. The monoisotopic (exact) mass is 187 g/mol. The van der Waals surface area contributed by atoms with Crippen molar-refractivity contribution < 1.29 is 22.5 Å². The van der Waals surface area contributed by atoms with Crippen molar-refractivity contribution in [1.29, 1.82) is 0 Å². The third-order valence-corrected chi connectivity index (χ3v) is 3.01. The second-order valence-electron chi connectivity index (χ2n) is 1.57. The highest BCUT2D eigenvalue weighted by Crippen LogP contribution is 2.42. The van der Waals surface area contributed by atoms with Crippen molar-refractivity contribution in [2.24, 2.45) is 5.73 Å². The van der Waals surface area contributed by atoms with E-state index in [9.17, 15) is 9.13 Å². The molecule has 1 rings (SSSR count). The first-order chi connectivity index (χ1) is 4.68. The summed E-state index contributed by atoms with van der Waals surface area (Å²) in [5, 5.41) is 0. The summed E-state index contributed by atoms with van der Waals surface area (Å²) in [5.74, 6) is 0. The predicted octanol–water partition coefficient (Wildman–Crippen LogP) is 0.114. The minimum Gasteiger partial charge on any atom is -0.306 e. The molecule has 1 saturated heterocycles. The van der Waals surface area contributed by atoms with Gasteiger partial charge in [-0.25, -0.2) is 4.31 Å². The summed E-state index contributed by atoms with van der Waals surface area (Å²) in [6.45, 7) is -0.0474. The molecule has 0 radical (unpaired) electrons. The van der Waals surface area contributed by atoms with E-state index in [-0.39, 0.29) is 6.61 Å². The van der Waals surface area contributed by atoms with E-state index in [4.69, 9.17) is 5.73 Å². The Balaban J connectivity index is 2.54. The number of nitrogens with two attached hydrogens (primary N) is 1. The zero-order valence-electron chi connectivity index (χ0n) is 4.90. The van der Waals surface area contributed by atoms with Crippen LogP contribution in [-0.4, -0.2) is 12.8 Å².